The smallest absolute Gasteiger partial charge is 0.0514 e. The van der Waals surface area contributed by atoms with E-state index >= 15 is 0 Å². The summed E-state index contributed by atoms with van der Waals surface area (Å²) in [5, 5.41) is 8.99. The maximum absolute atomic E-state index is 8.99. The number of nitrogens with zero attached hydrogens (tertiary/aromatic N) is 2. The second-order valence-corrected chi connectivity index (χ2v) is 4.51. The zero-order chi connectivity index (χ0) is 13.4. The van der Waals surface area contributed by atoms with Crippen LogP contribution >= 0.6 is 0 Å². The molecule has 4 nitrogen and oxygen atoms in total. The molecule has 2 atom stereocenters. The Kier molecular flexibility index (Phi) is 6.86. The summed E-state index contributed by atoms with van der Waals surface area (Å²) in [6.07, 6.45) is 5.38. The molecule has 0 saturated carbocycles. The summed E-state index contributed by atoms with van der Waals surface area (Å²) in [7, 11) is 0. The van der Waals surface area contributed by atoms with Gasteiger partial charge in [0.25, 0.3) is 0 Å². The van der Waals surface area contributed by atoms with Crippen LogP contribution in [0.15, 0.2) is 24.5 Å². The van der Waals surface area contributed by atoms with Crippen LogP contribution in [0.25, 0.3) is 0 Å². The van der Waals surface area contributed by atoms with Crippen LogP contribution in [-0.4, -0.2) is 40.7 Å². The molecule has 4 heteroatoms. The van der Waals surface area contributed by atoms with Crippen LogP contribution in [0, 0.1) is 0 Å². The lowest BCUT2D eigenvalue weighted by molar-refractivity contribution is 0.159. The molecule has 102 valence electrons. The summed E-state index contributed by atoms with van der Waals surface area (Å²) in [6, 6.07) is 4.30. The first-order valence-corrected chi connectivity index (χ1v) is 6.75. The van der Waals surface area contributed by atoms with Crippen LogP contribution in [0.4, 0.5) is 0 Å². The molecule has 0 radical (unpaired) electrons. The second kappa shape index (κ2) is 8.19. The van der Waals surface area contributed by atoms with Crippen molar-refractivity contribution in [3.8, 4) is 0 Å². The van der Waals surface area contributed by atoms with Gasteiger partial charge in [-0.05, 0) is 31.0 Å². The van der Waals surface area contributed by atoms with Gasteiger partial charge in [0.15, 0.2) is 0 Å². The number of nitrogens with two attached hydrogens (primary N) is 1. The van der Waals surface area contributed by atoms with E-state index in [0.717, 1.165) is 31.5 Å². The summed E-state index contributed by atoms with van der Waals surface area (Å²) in [6.45, 7) is 6.24. The minimum absolute atomic E-state index is 0.0906. The lowest BCUT2D eigenvalue weighted by Crippen LogP contribution is -2.41. The number of hydrogen-bond acceptors (Lipinski definition) is 4. The van der Waals surface area contributed by atoms with Crippen LogP contribution < -0.4 is 5.73 Å². The van der Waals surface area contributed by atoms with E-state index in [2.05, 4.69) is 29.8 Å². The largest absolute Gasteiger partial charge is 0.396 e. The van der Waals surface area contributed by atoms with Gasteiger partial charge in [-0.3, -0.25) is 9.88 Å². The molecule has 0 spiro atoms. The SMILES string of the molecule is CCC(N)C(c1cccnc1)N(CC)CCCO. The molecule has 18 heavy (non-hydrogen) atoms. The molecule has 1 rings (SSSR count). The van der Waals surface area contributed by atoms with Gasteiger partial charge in [0.2, 0.25) is 0 Å². The quantitative estimate of drug-likeness (QED) is 0.736. The van der Waals surface area contributed by atoms with Crippen molar-refractivity contribution in [1.82, 2.24) is 9.88 Å². The summed E-state index contributed by atoms with van der Waals surface area (Å²) in [4.78, 5) is 6.51. The maximum atomic E-state index is 8.99. The molecule has 1 aromatic rings. The van der Waals surface area contributed by atoms with Crippen molar-refractivity contribution < 1.29 is 5.11 Å². The molecule has 3 N–H and O–H groups in total. The minimum atomic E-state index is 0.0906. The number of aliphatic hydroxyl groups is 1. The molecule has 0 aliphatic carbocycles. The van der Waals surface area contributed by atoms with Crippen molar-refractivity contribution in [1.29, 1.82) is 0 Å². The van der Waals surface area contributed by atoms with Crippen molar-refractivity contribution in [2.24, 2.45) is 5.73 Å². The molecule has 0 aliphatic rings. The maximum Gasteiger partial charge on any atom is 0.0514 e. The fourth-order valence-corrected chi connectivity index (χ4v) is 2.27. The third kappa shape index (κ3) is 4.05. The topological polar surface area (TPSA) is 62.4 Å². The number of rotatable bonds is 8. The number of hydrogen-bond donors (Lipinski definition) is 2. The molecule has 0 aromatic carbocycles. The Labute approximate surface area is 110 Å². The van der Waals surface area contributed by atoms with Crippen LogP contribution in [0.3, 0.4) is 0 Å². The Morgan fingerprint density at radius 3 is 2.72 bits per heavy atom. The van der Waals surface area contributed by atoms with E-state index in [9.17, 15) is 0 Å². The summed E-state index contributed by atoms with van der Waals surface area (Å²) < 4.78 is 0. The zero-order valence-electron chi connectivity index (χ0n) is 11.4. The zero-order valence-corrected chi connectivity index (χ0v) is 11.4. The van der Waals surface area contributed by atoms with Crippen LogP contribution in [-0.2, 0) is 0 Å². The Morgan fingerprint density at radius 1 is 1.44 bits per heavy atom. The van der Waals surface area contributed by atoms with E-state index in [1.165, 1.54) is 0 Å². The summed E-state index contributed by atoms with van der Waals surface area (Å²) in [5.41, 5.74) is 7.42. The molecule has 0 bridgehead atoms. The van der Waals surface area contributed by atoms with Gasteiger partial charge in [-0.15, -0.1) is 0 Å². The van der Waals surface area contributed by atoms with Crippen molar-refractivity contribution in [2.45, 2.75) is 38.8 Å². The van der Waals surface area contributed by atoms with E-state index in [4.69, 9.17) is 10.8 Å². The monoisotopic (exact) mass is 251 g/mol. The predicted molar refractivity (Wildman–Crippen MR) is 74.2 cm³/mol. The van der Waals surface area contributed by atoms with E-state index in [1.807, 2.05) is 12.3 Å². The molecule has 0 amide bonds. The number of likely N-dealkylation sites (N-methyl/N-ethyl adjacent to an activating group) is 1. The molecule has 0 saturated heterocycles. The van der Waals surface area contributed by atoms with E-state index in [1.54, 1.807) is 6.20 Å². The van der Waals surface area contributed by atoms with Crippen molar-refractivity contribution >= 4 is 0 Å². The fourth-order valence-electron chi connectivity index (χ4n) is 2.27. The fraction of sp³-hybridized carbons (Fsp3) is 0.643. The third-order valence-corrected chi connectivity index (χ3v) is 3.31. The van der Waals surface area contributed by atoms with Gasteiger partial charge in [-0.1, -0.05) is 19.9 Å². The predicted octanol–water partition coefficient (Wildman–Crippen LogP) is 1.56. The summed E-state index contributed by atoms with van der Waals surface area (Å²) in [5.74, 6) is 0. The van der Waals surface area contributed by atoms with Gasteiger partial charge in [-0.2, -0.15) is 0 Å². The van der Waals surface area contributed by atoms with Gasteiger partial charge >= 0.3 is 0 Å². The molecule has 1 heterocycles. The Morgan fingerprint density at radius 2 is 2.22 bits per heavy atom. The first kappa shape index (κ1) is 15.1. The molecule has 0 aliphatic heterocycles. The van der Waals surface area contributed by atoms with Gasteiger partial charge < -0.3 is 10.8 Å². The average molecular weight is 251 g/mol. The second-order valence-electron chi connectivity index (χ2n) is 4.51. The number of aromatic nitrogens is 1. The Hall–Kier alpha value is -0.970. The third-order valence-electron chi connectivity index (χ3n) is 3.31. The number of aliphatic hydroxyl groups excluding tert-OH is 1. The normalized spacial score (nSPS) is 14.7. The van der Waals surface area contributed by atoms with Gasteiger partial charge in [-0.25, -0.2) is 0 Å². The standard InChI is InChI=1S/C14H25N3O/c1-3-13(15)14(12-7-5-8-16-11-12)17(4-2)9-6-10-18/h5,7-8,11,13-14,18H,3-4,6,9-10,15H2,1-2H3. The average Bonchev–Trinajstić information content (AvgIpc) is 2.43. The van der Waals surface area contributed by atoms with Gasteiger partial charge in [0.1, 0.15) is 0 Å². The first-order valence-electron chi connectivity index (χ1n) is 6.75. The highest BCUT2D eigenvalue weighted by atomic mass is 16.3. The van der Waals surface area contributed by atoms with E-state index in [-0.39, 0.29) is 18.7 Å². The van der Waals surface area contributed by atoms with Crippen LogP contribution in [0.2, 0.25) is 0 Å². The van der Waals surface area contributed by atoms with Crippen molar-refractivity contribution in [2.75, 3.05) is 19.7 Å². The lowest BCUT2D eigenvalue weighted by atomic mass is 9.97. The summed E-state index contributed by atoms with van der Waals surface area (Å²) >= 11 is 0. The van der Waals surface area contributed by atoms with Gasteiger partial charge in [0.05, 0.1) is 6.04 Å². The number of pyridine rings is 1. The van der Waals surface area contributed by atoms with E-state index in [0.29, 0.717) is 0 Å². The highest BCUT2D eigenvalue weighted by Gasteiger charge is 2.24. The van der Waals surface area contributed by atoms with Crippen LogP contribution in [0.5, 0.6) is 0 Å². The van der Waals surface area contributed by atoms with Crippen molar-refractivity contribution in [3.63, 3.8) is 0 Å². The molecule has 1 aromatic heterocycles. The lowest BCUT2D eigenvalue weighted by Gasteiger charge is -2.34. The molecular weight excluding hydrogens is 226 g/mol. The van der Waals surface area contributed by atoms with E-state index < -0.39 is 0 Å². The van der Waals surface area contributed by atoms with Gasteiger partial charge in [0, 0.05) is 31.6 Å². The van der Waals surface area contributed by atoms with Crippen molar-refractivity contribution in [3.05, 3.63) is 30.1 Å². The molecule has 2 unspecified atom stereocenters. The highest BCUT2D eigenvalue weighted by molar-refractivity contribution is 5.16. The minimum Gasteiger partial charge on any atom is -0.396 e. The Balaban J connectivity index is 2.89. The molecular formula is C14H25N3O. The first-order chi connectivity index (χ1) is 8.74. The highest BCUT2D eigenvalue weighted by Crippen LogP contribution is 2.24. The Bertz CT molecular complexity index is 318. The molecule has 0 fully saturated rings. The van der Waals surface area contributed by atoms with Crippen LogP contribution in [0.1, 0.15) is 38.3 Å².